The van der Waals surface area contributed by atoms with Gasteiger partial charge in [0.15, 0.2) is 0 Å². The number of hydrogen-bond acceptors (Lipinski definition) is 2. The molecule has 20 heavy (non-hydrogen) atoms. The number of rotatable bonds is 5. The number of halogens is 2. The number of carbonyl (C=O) groups is 1. The second-order valence-electron chi connectivity index (χ2n) is 4.70. The number of anilines is 1. The van der Waals surface area contributed by atoms with Crippen LogP contribution in [0.2, 0.25) is 5.02 Å². The van der Waals surface area contributed by atoms with Gasteiger partial charge in [-0.25, -0.2) is 0 Å². The second-order valence-corrected chi connectivity index (χ2v) is 6.02. The van der Waals surface area contributed by atoms with Crippen molar-refractivity contribution in [3.63, 3.8) is 0 Å². The van der Waals surface area contributed by atoms with E-state index in [1.807, 2.05) is 42.5 Å². The summed E-state index contributed by atoms with van der Waals surface area (Å²) < 4.78 is 0.915. The van der Waals surface area contributed by atoms with Crippen molar-refractivity contribution in [2.24, 2.45) is 0 Å². The predicted octanol–water partition coefficient (Wildman–Crippen LogP) is 4.43. The monoisotopic (exact) mass is 351 g/mol. The first-order valence-corrected chi connectivity index (χ1v) is 7.52. The van der Waals surface area contributed by atoms with Gasteiger partial charge in [0.05, 0.1) is 0 Å². The fraction of sp³-hybridized carbons (Fsp3) is 0.188. The highest BCUT2D eigenvalue weighted by atomic mass is 79.9. The summed E-state index contributed by atoms with van der Waals surface area (Å²) in [6, 6.07) is 13.2. The van der Waals surface area contributed by atoms with Gasteiger partial charge in [0, 0.05) is 28.0 Å². The molecular weight excluding hydrogens is 338 g/mol. The van der Waals surface area contributed by atoms with E-state index >= 15 is 0 Å². The standard InChI is InChI=1S/C16H15BrClNO/c17-13-6-5-12(16(18)10-13)9-15(20)7-4-11-2-1-3-14(19)8-11/h1-3,5-6,8,10H,4,7,9,19H2. The molecule has 2 nitrogen and oxygen atoms in total. The number of nitrogens with two attached hydrogens (primary N) is 1. The third-order valence-electron chi connectivity index (χ3n) is 3.05. The molecule has 2 aromatic rings. The molecular formula is C16H15BrClNO. The quantitative estimate of drug-likeness (QED) is 0.809. The van der Waals surface area contributed by atoms with Crippen LogP contribution in [-0.4, -0.2) is 5.78 Å². The first-order chi connectivity index (χ1) is 9.54. The van der Waals surface area contributed by atoms with Crippen molar-refractivity contribution < 1.29 is 4.79 Å². The fourth-order valence-electron chi connectivity index (χ4n) is 2.00. The van der Waals surface area contributed by atoms with E-state index in [9.17, 15) is 4.79 Å². The lowest BCUT2D eigenvalue weighted by Gasteiger charge is -2.05. The van der Waals surface area contributed by atoms with Crippen LogP contribution in [0.25, 0.3) is 0 Å². The third-order valence-corrected chi connectivity index (χ3v) is 3.89. The SMILES string of the molecule is Nc1cccc(CCC(=O)Cc2ccc(Br)cc2Cl)c1. The highest BCUT2D eigenvalue weighted by Crippen LogP contribution is 2.22. The Morgan fingerprint density at radius 3 is 2.70 bits per heavy atom. The molecule has 0 heterocycles. The molecule has 0 fully saturated rings. The van der Waals surface area contributed by atoms with Crippen LogP contribution < -0.4 is 5.73 Å². The average molecular weight is 353 g/mol. The number of nitrogen functional groups attached to an aromatic ring is 1. The average Bonchev–Trinajstić information content (AvgIpc) is 2.40. The molecule has 0 bridgehead atoms. The van der Waals surface area contributed by atoms with Gasteiger partial charge in [0.1, 0.15) is 5.78 Å². The van der Waals surface area contributed by atoms with Gasteiger partial charge in [-0.2, -0.15) is 0 Å². The minimum absolute atomic E-state index is 0.177. The van der Waals surface area contributed by atoms with E-state index in [0.717, 1.165) is 21.3 Å². The number of ketones is 1. The van der Waals surface area contributed by atoms with Crippen molar-refractivity contribution >= 4 is 39.0 Å². The van der Waals surface area contributed by atoms with Crippen molar-refractivity contribution in [2.75, 3.05) is 5.73 Å². The third kappa shape index (κ3) is 4.36. The van der Waals surface area contributed by atoms with Gasteiger partial charge >= 0.3 is 0 Å². The van der Waals surface area contributed by atoms with Crippen LogP contribution in [0.5, 0.6) is 0 Å². The molecule has 0 aliphatic rings. The summed E-state index contributed by atoms with van der Waals surface area (Å²) in [4.78, 5) is 12.0. The normalized spacial score (nSPS) is 10.5. The lowest BCUT2D eigenvalue weighted by molar-refractivity contribution is -0.118. The Bertz CT molecular complexity index is 628. The number of benzene rings is 2. The van der Waals surface area contributed by atoms with E-state index < -0.39 is 0 Å². The highest BCUT2D eigenvalue weighted by Gasteiger charge is 2.08. The Balaban J connectivity index is 1.92. The lowest BCUT2D eigenvalue weighted by Crippen LogP contribution is -2.05. The zero-order chi connectivity index (χ0) is 14.5. The predicted molar refractivity (Wildman–Crippen MR) is 87.0 cm³/mol. The molecule has 0 saturated carbocycles. The van der Waals surface area contributed by atoms with Crippen LogP contribution in [-0.2, 0) is 17.6 Å². The van der Waals surface area contributed by atoms with Gasteiger partial charge in [0.25, 0.3) is 0 Å². The van der Waals surface area contributed by atoms with Gasteiger partial charge in [-0.1, -0.05) is 45.7 Å². The van der Waals surface area contributed by atoms with Gasteiger partial charge in [0.2, 0.25) is 0 Å². The van der Waals surface area contributed by atoms with Crippen molar-refractivity contribution in [2.45, 2.75) is 19.3 Å². The van der Waals surface area contributed by atoms with Crippen molar-refractivity contribution in [3.05, 3.63) is 63.1 Å². The zero-order valence-electron chi connectivity index (χ0n) is 10.9. The Kier molecular flexibility index (Phi) is 5.21. The van der Waals surface area contributed by atoms with E-state index in [0.29, 0.717) is 24.3 Å². The summed E-state index contributed by atoms with van der Waals surface area (Å²) in [5.41, 5.74) is 8.39. The molecule has 0 amide bonds. The second kappa shape index (κ2) is 6.91. The summed E-state index contributed by atoms with van der Waals surface area (Å²) in [7, 11) is 0. The van der Waals surface area contributed by atoms with Gasteiger partial charge < -0.3 is 5.73 Å². The lowest BCUT2D eigenvalue weighted by atomic mass is 10.0. The molecule has 104 valence electrons. The Hall–Kier alpha value is -1.32. The molecule has 0 spiro atoms. The number of hydrogen-bond donors (Lipinski definition) is 1. The summed E-state index contributed by atoms with van der Waals surface area (Å²) in [5, 5.41) is 0.622. The van der Waals surface area contributed by atoms with E-state index in [-0.39, 0.29) is 5.78 Å². The van der Waals surface area contributed by atoms with Crippen LogP contribution in [0, 0.1) is 0 Å². The van der Waals surface area contributed by atoms with Crippen LogP contribution in [0.15, 0.2) is 46.9 Å². The van der Waals surface area contributed by atoms with E-state index in [1.54, 1.807) is 0 Å². The molecule has 0 radical (unpaired) electrons. The zero-order valence-corrected chi connectivity index (χ0v) is 13.2. The molecule has 0 aliphatic heterocycles. The van der Waals surface area contributed by atoms with Crippen LogP contribution >= 0.6 is 27.5 Å². The molecule has 0 atom stereocenters. The molecule has 0 saturated heterocycles. The summed E-state index contributed by atoms with van der Waals surface area (Å²) in [6.45, 7) is 0. The molecule has 2 N–H and O–H groups in total. The Labute approximate surface area is 132 Å². The largest absolute Gasteiger partial charge is 0.399 e. The molecule has 0 unspecified atom stereocenters. The van der Waals surface area contributed by atoms with E-state index in [2.05, 4.69) is 15.9 Å². The maximum Gasteiger partial charge on any atom is 0.137 e. The summed E-state index contributed by atoms with van der Waals surface area (Å²) in [6.07, 6.45) is 1.57. The molecule has 4 heteroatoms. The summed E-state index contributed by atoms with van der Waals surface area (Å²) in [5.74, 6) is 0.177. The molecule has 2 aromatic carbocycles. The first-order valence-electron chi connectivity index (χ1n) is 6.34. The highest BCUT2D eigenvalue weighted by molar-refractivity contribution is 9.10. The molecule has 2 rings (SSSR count). The maximum absolute atomic E-state index is 12.0. The molecule has 0 aliphatic carbocycles. The topological polar surface area (TPSA) is 43.1 Å². The number of Topliss-reactive ketones (excluding diaryl/α,β-unsaturated/α-hetero) is 1. The van der Waals surface area contributed by atoms with Gasteiger partial charge in [-0.05, 0) is 41.8 Å². The maximum atomic E-state index is 12.0. The van der Waals surface area contributed by atoms with E-state index in [4.69, 9.17) is 17.3 Å². The van der Waals surface area contributed by atoms with Crippen molar-refractivity contribution in [1.82, 2.24) is 0 Å². The number of carbonyl (C=O) groups excluding carboxylic acids is 1. The summed E-state index contributed by atoms with van der Waals surface area (Å²) >= 11 is 9.46. The first kappa shape index (κ1) is 15.1. The number of aryl methyl sites for hydroxylation is 1. The van der Waals surface area contributed by atoms with Gasteiger partial charge in [-0.3, -0.25) is 4.79 Å². The van der Waals surface area contributed by atoms with Crippen LogP contribution in [0.3, 0.4) is 0 Å². The van der Waals surface area contributed by atoms with Gasteiger partial charge in [-0.15, -0.1) is 0 Å². The van der Waals surface area contributed by atoms with E-state index in [1.165, 1.54) is 0 Å². The van der Waals surface area contributed by atoms with Crippen LogP contribution in [0.4, 0.5) is 5.69 Å². The minimum Gasteiger partial charge on any atom is -0.399 e. The minimum atomic E-state index is 0.177. The Morgan fingerprint density at radius 1 is 1.20 bits per heavy atom. The smallest absolute Gasteiger partial charge is 0.137 e. The van der Waals surface area contributed by atoms with Crippen LogP contribution in [0.1, 0.15) is 17.5 Å². The van der Waals surface area contributed by atoms with Crippen molar-refractivity contribution in [1.29, 1.82) is 0 Å². The Morgan fingerprint density at radius 2 is 2.00 bits per heavy atom. The fourth-order valence-corrected chi connectivity index (χ4v) is 2.74. The van der Waals surface area contributed by atoms with Crippen molar-refractivity contribution in [3.8, 4) is 0 Å². The molecule has 0 aromatic heterocycles.